The van der Waals surface area contributed by atoms with Crippen molar-refractivity contribution in [1.82, 2.24) is 0 Å². The van der Waals surface area contributed by atoms with Crippen molar-refractivity contribution in [2.45, 2.75) is 0 Å². The lowest BCUT2D eigenvalue weighted by molar-refractivity contribution is 0.494. The third kappa shape index (κ3) is 2.96. The minimum Gasteiger partial charge on any atom is -0.455 e. The predicted octanol–water partition coefficient (Wildman–Crippen LogP) is 10.9. The van der Waals surface area contributed by atoms with Gasteiger partial charge in [-0.15, -0.1) is 0 Å². The third-order valence-corrected chi connectivity index (χ3v) is 8.38. The Morgan fingerprint density at radius 3 is 1.95 bits per heavy atom. The maximum Gasteiger partial charge on any atom is 0.143 e. The molecule has 0 radical (unpaired) electrons. The van der Waals surface area contributed by atoms with Crippen LogP contribution < -0.4 is 4.74 Å². The van der Waals surface area contributed by atoms with Gasteiger partial charge >= 0.3 is 0 Å². The molecule has 1 heteroatoms. The van der Waals surface area contributed by atoms with E-state index in [1.54, 1.807) is 0 Å². The highest BCUT2D eigenvalue weighted by molar-refractivity contribution is 6.13. The first-order valence-corrected chi connectivity index (χ1v) is 13.4. The molecule has 0 aromatic heterocycles. The van der Waals surface area contributed by atoms with Crippen LogP contribution >= 0.6 is 0 Å². The molecule has 0 spiro atoms. The molecule has 1 heterocycles. The fourth-order valence-electron chi connectivity index (χ4n) is 6.49. The molecule has 0 fully saturated rings. The maximum absolute atomic E-state index is 6.89. The molecule has 0 bridgehead atoms. The fourth-order valence-corrected chi connectivity index (χ4v) is 6.49. The van der Waals surface area contributed by atoms with Crippen LogP contribution in [0.1, 0.15) is 0 Å². The van der Waals surface area contributed by atoms with E-state index in [0.717, 1.165) is 33.6 Å². The summed E-state index contributed by atoms with van der Waals surface area (Å²) in [7, 11) is 0. The lowest BCUT2D eigenvalue weighted by atomic mass is 9.89. The van der Waals surface area contributed by atoms with Gasteiger partial charge in [0.2, 0.25) is 0 Å². The van der Waals surface area contributed by atoms with Crippen molar-refractivity contribution < 1.29 is 4.74 Å². The standard InChI is InChI=1S/C38H22O/c1-3-9-30-23(6-1)12-14-28-20-26-13-15-27(21-29(26)22-35(28)30)32-18-17-25-8-5-11-33-34-19-16-24-7-2-4-10-31(24)37(34)39-38(32)36(25)33/h1-22H. The second-order valence-electron chi connectivity index (χ2n) is 10.5. The average Bonchev–Trinajstić information content (AvgIpc) is 3.00. The van der Waals surface area contributed by atoms with Gasteiger partial charge in [0.05, 0.1) is 0 Å². The molecule has 0 unspecified atom stereocenters. The Kier molecular flexibility index (Phi) is 4.11. The molecule has 1 nitrogen and oxygen atoms in total. The molecule has 39 heavy (non-hydrogen) atoms. The highest BCUT2D eigenvalue weighted by atomic mass is 16.5. The van der Waals surface area contributed by atoms with Gasteiger partial charge in [-0.25, -0.2) is 0 Å². The van der Waals surface area contributed by atoms with E-state index in [-0.39, 0.29) is 0 Å². The van der Waals surface area contributed by atoms with Crippen molar-refractivity contribution >= 4 is 53.9 Å². The second kappa shape index (κ2) is 7.69. The van der Waals surface area contributed by atoms with E-state index in [0.29, 0.717) is 0 Å². The van der Waals surface area contributed by atoms with Crippen molar-refractivity contribution in [3.8, 4) is 33.8 Å². The Hall–Kier alpha value is -5.14. The van der Waals surface area contributed by atoms with Crippen molar-refractivity contribution in [3.05, 3.63) is 133 Å². The van der Waals surface area contributed by atoms with Gasteiger partial charge < -0.3 is 4.74 Å². The minimum atomic E-state index is 0.942. The van der Waals surface area contributed by atoms with E-state index in [9.17, 15) is 0 Å². The van der Waals surface area contributed by atoms with E-state index in [2.05, 4.69) is 133 Å². The smallest absolute Gasteiger partial charge is 0.143 e. The van der Waals surface area contributed by atoms with Crippen LogP contribution in [0, 0.1) is 0 Å². The van der Waals surface area contributed by atoms with Crippen LogP contribution in [0.5, 0.6) is 11.5 Å². The first kappa shape index (κ1) is 20.9. The molecule has 0 N–H and O–H groups in total. The van der Waals surface area contributed by atoms with E-state index < -0.39 is 0 Å². The predicted molar refractivity (Wildman–Crippen MR) is 165 cm³/mol. The molecule has 180 valence electrons. The van der Waals surface area contributed by atoms with Gasteiger partial charge in [-0.05, 0) is 84.5 Å². The topological polar surface area (TPSA) is 9.23 Å². The van der Waals surface area contributed by atoms with Crippen LogP contribution in [0.3, 0.4) is 0 Å². The zero-order valence-electron chi connectivity index (χ0n) is 21.1. The number of fused-ring (bicyclic) bond motifs is 8. The van der Waals surface area contributed by atoms with Gasteiger partial charge in [0.1, 0.15) is 11.5 Å². The monoisotopic (exact) mass is 494 g/mol. The zero-order chi connectivity index (χ0) is 25.5. The minimum absolute atomic E-state index is 0.942. The summed E-state index contributed by atoms with van der Waals surface area (Å²) in [4.78, 5) is 0. The summed E-state index contributed by atoms with van der Waals surface area (Å²) < 4.78 is 6.89. The molecule has 0 amide bonds. The molecule has 1 aliphatic rings. The summed E-state index contributed by atoms with van der Waals surface area (Å²) in [5.41, 5.74) is 4.67. The quantitative estimate of drug-likeness (QED) is 0.163. The molecule has 1 aliphatic heterocycles. The molecule has 0 aliphatic carbocycles. The van der Waals surface area contributed by atoms with E-state index in [1.807, 2.05) is 0 Å². The Morgan fingerprint density at radius 1 is 0.333 bits per heavy atom. The Morgan fingerprint density at radius 2 is 1.03 bits per heavy atom. The summed E-state index contributed by atoms with van der Waals surface area (Å²) in [6.45, 7) is 0. The van der Waals surface area contributed by atoms with Crippen molar-refractivity contribution in [1.29, 1.82) is 0 Å². The molecule has 0 saturated heterocycles. The van der Waals surface area contributed by atoms with Gasteiger partial charge in [0, 0.05) is 21.9 Å². The molecular weight excluding hydrogens is 472 g/mol. The lowest BCUT2D eigenvalue weighted by Gasteiger charge is -2.25. The summed E-state index contributed by atoms with van der Waals surface area (Å²) in [6, 6.07) is 48.4. The van der Waals surface area contributed by atoms with Gasteiger partial charge in [0.25, 0.3) is 0 Å². The molecule has 8 aromatic carbocycles. The van der Waals surface area contributed by atoms with Gasteiger partial charge in [-0.1, -0.05) is 103 Å². The summed E-state index contributed by atoms with van der Waals surface area (Å²) in [5.74, 6) is 1.89. The summed E-state index contributed by atoms with van der Waals surface area (Å²) in [5, 5.41) is 12.3. The Balaban J connectivity index is 1.31. The van der Waals surface area contributed by atoms with E-state index in [1.165, 1.54) is 54.0 Å². The van der Waals surface area contributed by atoms with Gasteiger partial charge in [0.15, 0.2) is 0 Å². The lowest BCUT2D eigenvalue weighted by Crippen LogP contribution is -2.00. The third-order valence-electron chi connectivity index (χ3n) is 8.38. The van der Waals surface area contributed by atoms with E-state index >= 15 is 0 Å². The number of ether oxygens (including phenoxy) is 1. The number of hydrogen-bond donors (Lipinski definition) is 0. The number of rotatable bonds is 1. The zero-order valence-corrected chi connectivity index (χ0v) is 21.1. The van der Waals surface area contributed by atoms with Gasteiger partial charge in [-0.3, -0.25) is 0 Å². The second-order valence-corrected chi connectivity index (χ2v) is 10.5. The van der Waals surface area contributed by atoms with Crippen molar-refractivity contribution in [3.63, 3.8) is 0 Å². The van der Waals surface area contributed by atoms with Crippen molar-refractivity contribution in [2.75, 3.05) is 0 Å². The molecule has 9 rings (SSSR count). The number of benzene rings is 8. The first-order valence-electron chi connectivity index (χ1n) is 13.4. The first-order chi connectivity index (χ1) is 19.3. The normalized spacial score (nSPS) is 12.3. The van der Waals surface area contributed by atoms with Crippen LogP contribution in [-0.4, -0.2) is 0 Å². The highest BCUT2D eigenvalue weighted by Gasteiger charge is 2.24. The Bertz CT molecular complexity index is 2310. The molecule has 0 atom stereocenters. The van der Waals surface area contributed by atoms with Gasteiger partial charge in [-0.2, -0.15) is 0 Å². The van der Waals surface area contributed by atoms with Crippen LogP contribution in [0.25, 0.3) is 76.1 Å². The maximum atomic E-state index is 6.89. The molecule has 8 aromatic rings. The summed E-state index contributed by atoms with van der Waals surface area (Å²) >= 11 is 0. The summed E-state index contributed by atoms with van der Waals surface area (Å²) in [6.07, 6.45) is 0. The SMILES string of the molecule is c1ccc2c3c(ccc2c1)-c1cccc2ccc(-c4ccc5cc6ccc7ccccc7c6cc5c4)c(c12)O3. The van der Waals surface area contributed by atoms with E-state index in [4.69, 9.17) is 4.74 Å². The highest BCUT2D eigenvalue weighted by Crippen LogP contribution is 2.52. The Labute approximate surface area is 225 Å². The molecular formula is C38H22O. The number of hydrogen-bond acceptors (Lipinski definition) is 1. The van der Waals surface area contributed by atoms with Crippen LogP contribution in [0.15, 0.2) is 133 Å². The van der Waals surface area contributed by atoms with Crippen LogP contribution in [0.2, 0.25) is 0 Å². The van der Waals surface area contributed by atoms with Crippen LogP contribution in [0.4, 0.5) is 0 Å². The largest absolute Gasteiger partial charge is 0.455 e. The average molecular weight is 495 g/mol. The fraction of sp³-hybridized carbons (Fsp3) is 0. The van der Waals surface area contributed by atoms with Crippen LogP contribution in [-0.2, 0) is 0 Å². The van der Waals surface area contributed by atoms with Crippen molar-refractivity contribution in [2.24, 2.45) is 0 Å². The molecule has 0 saturated carbocycles.